The van der Waals surface area contributed by atoms with Crippen molar-refractivity contribution in [3.05, 3.63) is 56.4 Å². The Balaban J connectivity index is 1.68. The van der Waals surface area contributed by atoms with Gasteiger partial charge in [0.25, 0.3) is 5.56 Å². The van der Waals surface area contributed by atoms with Crippen molar-refractivity contribution in [3.63, 3.8) is 0 Å². The predicted molar refractivity (Wildman–Crippen MR) is 113 cm³/mol. The highest BCUT2D eigenvalue weighted by atomic mass is 32.1. The van der Waals surface area contributed by atoms with Gasteiger partial charge in [0.2, 0.25) is 0 Å². The van der Waals surface area contributed by atoms with Crippen molar-refractivity contribution in [2.75, 3.05) is 13.2 Å². The second-order valence-electron chi connectivity index (χ2n) is 6.86. The third-order valence-corrected chi connectivity index (χ3v) is 4.94. The fourth-order valence-corrected chi connectivity index (χ4v) is 3.34. The lowest BCUT2D eigenvalue weighted by Crippen LogP contribution is -2.35. The Bertz CT molecular complexity index is 1110. The third kappa shape index (κ3) is 5.17. The van der Waals surface area contributed by atoms with E-state index in [9.17, 15) is 14.7 Å². The molecule has 3 aromatic rings. The van der Waals surface area contributed by atoms with E-state index >= 15 is 0 Å². The molecule has 3 N–H and O–H groups in total. The van der Waals surface area contributed by atoms with Crippen LogP contribution in [-0.4, -0.2) is 50.7 Å². The Labute approximate surface area is 170 Å². The van der Waals surface area contributed by atoms with Crippen molar-refractivity contribution in [2.24, 2.45) is 5.10 Å². The number of hydrogen-bond donors (Lipinski definition) is 3. The molecule has 2 aromatic heterocycles. The fourth-order valence-electron chi connectivity index (χ4n) is 2.56. The molecule has 29 heavy (non-hydrogen) atoms. The quantitative estimate of drug-likeness (QED) is 0.472. The molecule has 0 spiro atoms. The SMILES string of the molecule is Cc1nsc2[nH]c(=O)n(/N=C/c3ccc(OCC(O)CNC(C)C)cc3)c(=O)c12. The minimum atomic E-state index is -0.619. The molecule has 0 bridgehead atoms. The summed E-state index contributed by atoms with van der Waals surface area (Å²) in [6.07, 6.45) is 0.810. The van der Waals surface area contributed by atoms with Gasteiger partial charge in [0.05, 0.1) is 17.3 Å². The predicted octanol–water partition coefficient (Wildman–Crippen LogP) is 1.07. The molecule has 0 aliphatic carbocycles. The monoisotopic (exact) mass is 417 g/mol. The Hall–Kier alpha value is -2.82. The van der Waals surface area contributed by atoms with Crippen molar-refractivity contribution < 1.29 is 9.84 Å². The van der Waals surface area contributed by atoms with Gasteiger partial charge >= 0.3 is 5.69 Å². The number of nitrogens with zero attached hydrogens (tertiary/aromatic N) is 3. The first kappa shape index (κ1) is 20.9. The number of aliphatic hydroxyl groups excluding tert-OH is 1. The highest BCUT2D eigenvalue weighted by molar-refractivity contribution is 7.12. The summed E-state index contributed by atoms with van der Waals surface area (Å²) in [6.45, 7) is 6.35. The average Bonchev–Trinajstić information content (AvgIpc) is 3.06. The van der Waals surface area contributed by atoms with Crippen molar-refractivity contribution in [1.82, 2.24) is 19.4 Å². The number of H-pyrrole nitrogens is 1. The summed E-state index contributed by atoms with van der Waals surface area (Å²) in [6, 6.07) is 7.24. The van der Waals surface area contributed by atoms with Crippen LogP contribution in [0.25, 0.3) is 10.2 Å². The largest absolute Gasteiger partial charge is 0.491 e. The lowest BCUT2D eigenvalue weighted by atomic mass is 10.2. The minimum Gasteiger partial charge on any atom is -0.491 e. The molecule has 2 heterocycles. The molecule has 0 saturated carbocycles. The first-order valence-electron chi connectivity index (χ1n) is 9.15. The summed E-state index contributed by atoms with van der Waals surface area (Å²) in [5.74, 6) is 0.599. The van der Waals surface area contributed by atoms with Crippen molar-refractivity contribution >= 4 is 28.0 Å². The molecule has 0 fully saturated rings. The zero-order valence-corrected chi connectivity index (χ0v) is 17.2. The smallest absolute Gasteiger partial charge is 0.350 e. The van der Waals surface area contributed by atoms with Gasteiger partial charge in [-0.15, -0.1) is 4.68 Å². The topological polar surface area (TPSA) is 122 Å². The number of nitrogens with one attached hydrogen (secondary N) is 2. The van der Waals surface area contributed by atoms with Gasteiger partial charge in [0.1, 0.15) is 23.3 Å². The van der Waals surface area contributed by atoms with Gasteiger partial charge in [0, 0.05) is 12.6 Å². The second kappa shape index (κ2) is 9.12. The van der Waals surface area contributed by atoms with Crippen molar-refractivity contribution in [2.45, 2.75) is 32.9 Å². The molecule has 0 aliphatic rings. The normalized spacial score (nSPS) is 12.9. The van der Waals surface area contributed by atoms with Gasteiger partial charge in [0.15, 0.2) is 0 Å². The molecule has 0 aliphatic heterocycles. The molecular formula is C19H23N5O4S. The van der Waals surface area contributed by atoms with Gasteiger partial charge in [-0.3, -0.25) is 9.78 Å². The number of aromatic nitrogens is 3. The van der Waals surface area contributed by atoms with Crippen LogP contribution in [0.2, 0.25) is 0 Å². The lowest BCUT2D eigenvalue weighted by molar-refractivity contribution is 0.104. The van der Waals surface area contributed by atoms with E-state index in [0.29, 0.717) is 39.8 Å². The molecule has 0 amide bonds. The first-order chi connectivity index (χ1) is 13.8. The van der Waals surface area contributed by atoms with Gasteiger partial charge in [-0.1, -0.05) is 13.8 Å². The highest BCUT2D eigenvalue weighted by Gasteiger charge is 2.12. The van der Waals surface area contributed by atoms with Crippen LogP contribution >= 0.6 is 11.5 Å². The summed E-state index contributed by atoms with van der Waals surface area (Å²) in [7, 11) is 0. The molecule has 1 atom stereocenters. The van der Waals surface area contributed by atoms with Gasteiger partial charge in [-0.25, -0.2) is 4.79 Å². The zero-order chi connectivity index (χ0) is 21.0. The minimum absolute atomic E-state index is 0.173. The van der Waals surface area contributed by atoms with Crippen LogP contribution < -0.4 is 21.3 Å². The van der Waals surface area contributed by atoms with Crippen LogP contribution in [0.15, 0.2) is 39.0 Å². The fraction of sp³-hybridized carbons (Fsp3) is 0.368. The molecule has 10 heteroatoms. The Morgan fingerprint density at radius 1 is 1.34 bits per heavy atom. The summed E-state index contributed by atoms with van der Waals surface area (Å²) in [5.41, 5.74) is 0.120. The maximum Gasteiger partial charge on any atom is 0.350 e. The lowest BCUT2D eigenvalue weighted by Gasteiger charge is -2.15. The van der Waals surface area contributed by atoms with E-state index in [0.717, 1.165) is 16.2 Å². The number of hydrogen-bond acceptors (Lipinski definition) is 8. The molecule has 154 valence electrons. The Morgan fingerprint density at radius 3 is 2.76 bits per heavy atom. The van der Waals surface area contributed by atoms with Gasteiger partial charge < -0.3 is 15.2 Å². The van der Waals surface area contributed by atoms with E-state index in [-0.39, 0.29) is 6.61 Å². The van der Waals surface area contributed by atoms with E-state index in [1.54, 1.807) is 31.2 Å². The van der Waals surface area contributed by atoms with E-state index in [2.05, 4.69) is 19.8 Å². The highest BCUT2D eigenvalue weighted by Crippen LogP contribution is 2.14. The molecule has 1 aromatic carbocycles. The van der Waals surface area contributed by atoms with Crippen LogP contribution in [0.5, 0.6) is 5.75 Å². The molecular weight excluding hydrogens is 394 g/mol. The standard InChI is InChI=1S/C19H23N5O4S/c1-11(2)20-9-14(25)10-28-15-6-4-13(5-7-15)8-21-24-18(26)16-12(3)23-29-17(16)22-19(24)27/h4-8,11,14,20,25H,9-10H2,1-3H3,(H,22,27)/b21-8+. The third-order valence-electron chi connectivity index (χ3n) is 4.09. The summed E-state index contributed by atoms with van der Waals surface area (Å²) < 4.78 is 10.4. The van der Waals surface area contributed by atoms with Gasteiger partial charge in [-0.05, 0) is 48.3 Å². The van der Waals surface area contributed by atoms with E-state index in [1.807, 2.05) is 13.8 Å². The Kier molecular flexibility index (Phi) is 6.57. The van der Waals surface area contributed by atoms with Gasteiger partial charge in [-0.2, -0.15) is 9.47 Å². The van der Waals surface area contributed by atoms with Crippen LogP contribution in [0.1, 0.15) is 25.1 Å². The van der Waals surface area contributed by atoms with E-state index in [1.165, 1.54) is 6.21 Å². The van der Waals surface area contributed by atoms with Crippen LogP contribution in [0.4, 0.5) is 0 Å². The van der Waals surface area contributed by atoms with Crippen LogP contribution in [0, 0.1) is 6.92 Å². The molecule has 9 nitrogen and oxygen atoms in total. The summed E-state index contributed by atoms with van der Waals surface area (Å²) >= 11 is 1.07. The number of ether oxygens (including phenoxy) is 1. The maximum atomic E-state index is 12.5. The number of rotatable bonds is 8. The second-order valence-corrected chi connectivity index (χ2v) is 7.63. The van der Waals surface area contributed by atoms with Crippen LogP contribution in [-0.2, 0) is 0 Å². The molecule has 3 rings (SSSR count). The number of benzene rings is 1. The Morgan fingerprint density at radius 2 is 2.07 bits per heavy atom. The zero-order valence-electron chi connectivity index (χ0n) is 16.4. The van der Waals surface area contributed by atoms with E-state index in [4.69, 9.17) is 4.74 Å². The molecule has 0 saturated heterocycles. The number of aliphatic hydroxyl groups is 1. The first-order valence-corrected chi connectivity index (χ1v) is 9.92. The summed E-state index contributed by atoms with van der Waals surface area (Å²) in [4.78, 5) is 27.7. The van der Waals surface area contributed by atoms with Crippen LogP contribution in [0.3, 0.4) is 0 Å². The van der Waals surface area contributed by atoms with Crippen molar-refractivity contribution in [3.8, 4) is 5.75 Å². The number of fused-ring (bicyclic) bond motifs is 1. The van der Waals surface area contributed by atoms with E-state index < -0.39 is 17.4 Å². The number of aromatic amines is 1. The maximum absolute atomic E-state index is 12.5. The number of aryl methyl sites for hydroxylation is 1. The van der Waals surface area contributed by atoms with Crippen molar-refractivity contribution in [1.29, 1.82) is 0 Å². The average molecular weight is 417 g/mol. The molecule has 1 unspecified atom stereocenters. The summed E-state index contributed by atoms with van der Waals surface area (Å²) in [5, 5.41) is 17.4. The molecule has 0 radical (unpaired) electrons.